The highest BCUT2D eigenvalue weighted by Gasteiger charge is 2.56. The van der Waals surface area contributed by atoms with Crippen LogP contribution in [0.15, 0.2) is 21.9 Å². The second-order valence-corrected chi connectivity index (χ2v) is 6.38. The van der Waals surface area contributed by atoms with Crippen LogP contribution in [0.5, 0.6) is 0 Å². The Kier molecular flexibility index (Phi) is 5.12. The van der Waals surface area contributed by atoms with E-state index in [0.29, 0.717) is 4.57 Å². The van der Waals surface area contributed by atoms with Crippen LogP contribution in [0.25, 0.3) is 0 Å². The van der Waals surface area contributed by atoms with Crippen molar-refractivity contribution in [3.63, 3.8) is 0 Å². The number of rotatable bonds is 5. The van der Waals surface area contributed by atoms with Gasteiger partial charge in [-0.25, -0.2) is 13.8 Å². The molecule has 4 unspecified atom stereocenters. The Labute approximate surface area is 132 Å². The van der Waals surface area contributed by atoms with Gasteiger partial charge in [0.25, 0.3) is 5.56 Å². The molecule has 4 N–H and O–H groups in total. The van der Waals surface area contributed by atoms with Crippen molar-refractivity contribution in [1.82, 2.24) is 9.55 Å². The maximum Gasteiger partial charge on any atom is 0.469 e. The molecule has 1 saturated heterocycles. The highest BCUT2D eigenvalue weighted by atomic mass is 35.5. The molecule has 0 bridgehead atoms. The van der Waals surface area contributed by atoms with Gasteiger partial charge in [0.2, 0.25) is 0 Å². The van der Waals surface area contributed by atoms with Gasteiger partial charge in [0.15, 0.2) is 12.4 Å². The average Bonchev–Trinajstić information content (AvgIpc) is 2.70. The van der Waals surface area contributed by atoms with Crippen LogP contribution in [0, 0.1) is 0 Å². The zero-order valence-corrected chi connectivity index (χ0v) is 13.0. The van der Waals surface area contributed by atoms with E-state index in [0.717, 1.165) is 12.3 Å². The van der Waals surface area contributed by atoms with Crippen molar-refractivity contribution in [3.05, 3.63) is 33.1 Å². The lowest BCUT2D eigenvalue weighted by atomic mass is 9.99. The summed E-state index contributed by atoms with van der Waals surface area (Å²) in [6, 6.07) is 0.941. The number of hydrogen-bond donors (Lipinski definition) is 4. The fourth-order valence-corrected chi connectivity index (χ4v) is 2.81. The quantitative estimate of drug-likeness (QED) is 0.372. The topological polar surface area (TPSA) is 151 Å². The Morgan fingerprint density at radius 3 is 2.70 bits per heavy atom. The van der Waals surface area contributed by atoms with E-state index in [9.17, 15) is 23.7 Å². The molecular formula is C10H13ClFN2O8P. The van der Waals surface area contributed by atoms with E-state index in [1.54, 1.807) is 0 Å². The molecule has 1 aromatic heterocycles. The molecule has 13 heteroatoms. The molecule has 1 aliphatic heterocycles. The minimum absolute atomic E-state index is 0.566. The first-order valence-electron chi connectivity index (χ1n) is 6.17. The van der Waals surface area contributed by atoms with Crippen LogP contribution < -0.4 is 11.2 Å². The number of ether oxygens (including phenoxy) is 1. The van der Waals surface area contributed by atoms with Gasteiger partial charge in [0.05, 0.1) is 12.5 Å². The summed E-state index contributed by atoms with van der Waals surface area (Å²) in [5.41, 5.74) is -3.69. The van der Waals surface area contributed by atoms with E-state index >= 15 is 0 Å². The number of alkyl halides is 2. The van der Waals surface area contributed by atoms with Crippen molar-refractivity contribution >= 4 is 19.4 Å². The van der Waals surface area contributed by atoms with Crippen LogP contribution in [-0.2, 0) is 13.8 Å². The van der Waals surface area contributed by atoms with Gasteiger partial charge in [-0.05, 0) is 0 Å². The first-order valence-corrected chi connectivity index (χ1v) is 8.23. The molecular weight excluding hydrogens is 362 g/mol. The molecule has 10 nitrogen and oxygen atoms in total. The van der Waals surface area contributed by atoms with Crippen molar-refractivity contribution in [3.8, 4) is 0 Å². The number of H-pyrrole nitrogens is 1. The lowest BCUT2D eigenvalue weighted by Gasteiger charge is -2.29. The predicted molar refractivity (Wildman–Crippen MR) is 73.8 cm³/mol. The zero-order chi connectivity index (χ0) is 17.4. The minimum atomic E-state index is -4.92. The van der Waals surface area contributed by atoms with E-state index in [-0.39, 0.29) is 0 Å². The van der Waals surface area contributed by atoms with E-state index in [1.165, 1.54) is 0 Å². The number of nitrogens with zero attached hydrogens (tertiary/aromatic N) is 1. The lowest BCUT2D eigenvalue weighted by molar-refractivity contribution is -0.113. The number of aromatic nitrogens is 2. The fraction of sp³-hybridized carbons (Fsp3) is 0.600. The molecule has 2 heterocycles. The molecule has 0 spiro atoms. The zero-order valence-electron chi connectivity index (χ0n) is 11.3. The third-order valence-corrected chi connectivity index (χ3v) is 4.21. The summed E-state index contributed by atoms with van der Waals surface area (Å²) in [4.78, 5) is 42.0. The molecule has 0 aliphatic carbocycles. The van der Waals surface area contributed by atoms with Crippen LogP contribution in [0.1, 0.15) is 6.23 Å². The van der Waals surface area contributed by atoms with Crippen molar-refractivity contribution in [2.75, 3.05) is 12.5 Å². The van der Waals surface area contributed by atoms with Crippen molar-refractivity contribution < 1.29 is 33.1 Å². The smallest absolute Gasteiger partial charge is 0.387 e. The number of phosphoric acid groups is 1. The number of halogens is 2. The van der Waals surface area contributed by atoms with Gasteiger partial charge in [-0.1, -0.05) is 0 Å². The van der Waals surface area contributed by atoms with Gasteiger partial charge in [-0.2, -0.15) is 0 Å². The first kappa shape index (κ1) is 18.3. The molecule has 0 saturated carbocycles. The fourth-order valence-electron chi connectivity index (χ4n) is 2.12. The molecule has 23 heavy (non-hydrogen) atoms. The average molecular weight is 375 g/mol. The van der Waals surface area contributed by atoms with E-state index in [1.807, 2.05) is 4.98 Å². The Bertz CT molecular complexity index is 734. The molecule has 4 atom stereocenters. The normalized spacial score (nSPS) is 31.4. The van der Waals surface area contributed by atoms with Gasteiger partial charge < -0.3 is 19.6 Å². The Morgan fingerprint density at radius 1 is 1.52 bits per heavy atom. The summed E-state index contributed by atoms with van der Waals surface area (Å²) >= 11 is 5.64. The van der Waals surface area contributed by atoms with Crippen LogP contribution in [0.2, 0.25) is 0 Å². The van der Waals surface area contributed by atoms with Crippen molar-refractivity contribution in [2.45, 2.75) is 24.1 Å². The molecule has 0 aromatic carbocycles. The lowest BCUT2D eigenvalue weighted by Crippen LogP contribution is -2.47. The van der Waals surface area contributed by atoms with Gasteiger partial charge in [0.1, 0.15) is 11.7 Å². The second-order valence-electron chi connectivity index (χ2n) is 4.88. The van der Waals surface area contributed by atoms with Crippen LogP contribution in [0.4, 0.5) is 4.39 Å². The third kappa shape index (κ3) is 3.72. The number of aliphatic hydroxyl groups excluding tert-OH is 1. The van der Waals surface area contributed by atoms with Gasteiger partial charge >= 0.3 is 13.5 Å². The van der Waals surface area contributed by atoms with E-state index in [2.05, 4.69) is 4.52 Å². The summed E-state index contributed by atoms with van der Waals surface area (Å²) in [6.45, 7) is -0.906. The van der Waals surface area contributed by atoms with Crippen molar-refractivity contribution in [2.24, 2.45) is 0 Å². The maximum absolute atomic E-state index is 14.3. The molecule has 130 valence electrons. The molecule has 1 aliphatic rings. The molecule has 1 aromatic rings. The Balaban J connectivity index is 2.33. The first-order chi connectivity index (χ1) is 10.6. The number of phosphoric ester groups is 1. The van der Waals surface area contributed by atoms with E-state index < -0.39 is 55.7 Å². The highest BCUT2D eigenvalue weighted by Crippen LogP contribution is 2.43. The Hall–Kier alpha value is -1.07. The summed E-state index contributed by atoms with van der Waals surface area (Å²) in [5.74, 6) is -0.566. The molecule has 0 radical (unpaired) electrons. The predicted octanol–water partition coefficient (Wildman–Crippen LogP) is -1.15. The summed E-state index contributed by atoms with van der Waals surface area (Å²) in [6.07, 6.45) is -4.78. The van der Waals surface area contributed by atoms with Crippen LogP contribution >= 0.6 is 19.4 Å². The van der Waals surface area contributed by atoms with E-state index in [4.69, 9.17) is 26.1 Å². The third-order valence-electron chi connectivity index (χ3n) is 3.30. The molecule has 0 amide bonds. The summed E-state index contributed by atoms with van der Waals surface area (Å²) in [5, 5.41) is 9.98. The monoisotopic (exact) mass is 374 g/mol. The van der Waals surface area contributed by atoms with Gasteiger partial charge in [0, 0.05) is 12.3 Å². The molecule has 1 fully saturated rings. The maximum atomic E-state index is 14.3. The number of aromatic amines is 1. The largest absolute Gasteiger partial charge is 0.469 e. The summed E-state index contributed by atoms with van der Waals surface area (Å²) in [7, 11) is -4.92. The van der Waals surface area contributed by atoms with Gasteiger partial charge in [-0.15, -0.1) is 11.6 Å². The SMILES string of the molecule is O=c1ccn(C2OC(CCl)(COP(=O)(O)O)C(O)C2F)c(=O)[nH]1. The Morgan fingerprint density at radius 2 is 2.17 bits per heavy atom. The minimum Gasteiger partial charge on any atom is -0.387 e. The van der Waals surface area contributed by atoms with Crippen molar-refractivity contribution in [1.29, 1.82) is 0 Å². The van der Waals surface area contributed by atoms with Crippen LogP contribution in [0.3, 0.4) is 0 Å². The van der Waals surface area contributed by atoms with Gasteiger partial charge in [-0.3, -0.25) is 18.9 Å². The molecule has 2 rings (SSSR count). The standard InChI is InChI=1S/C10H13ClFN2O8P/c11-3-10(4-21-23(18,19)20)7(16)6(12)8(22-10)14-2-1-5(15)13-9(14)17/h1-2,6-8,16H,3-4H2,(H,13,15,17)(H2,18,19,20). The number of nitrogens with one attached hydrogen (secondary N) is 1. The van der Waals surface area contributed by atoms with Crippen LogP contribution in [-0.4, -0.2) is 54.8 Å². The highest BCUT2D eigenvalue weighted by molar-refractivity contribution is 7.46. The number of aliphatic hydroxyl groups is 1. The summed E-state index contributed by atoms with van der Waals surface area (Å²) < 4.78 is 35.3. The second kappa shape index (κ2) is 6.44. The number of hydrogen-bond acceptors (Lipinski definition) is 6.